The van der Waals surface area contributed by atoms with E-state index in [0.29, 0.717) is 22.8 Å². The molecule has 0 aliphatic heterocycles. The minimum absolute atomic E-state index is 0.0418. The monoisotopic (exact) mass is 511 g/mol. The summed E-state index contributed by atoms with van der Waals surface area (Å²) >= 11 is 1.05. The lowest BCUT2D eigenvalue weighted by atomic mass is 10.1. The Bertz CT molecular complexity index is 1210. The van der Waals surface area contributed by atoms with Crippen LogP contribution in [-0.2, 0) is 11.0 Å². The van der Waals surface area contributed by atoms with Crippen LogP contribution >= 0.6 is 11.8 Å². The van der Waals surface area contributed by atoms with Crippen molar-refractivity contribution in [1.29, 1.82) is 0 Å². The SMILES string of the molecule is CCCCNc1nc(Sc2ccc(C(F)(F)F)cc2)nc2c1nnn2C1C[C@H](C(N)=O)C(O)C1O. The van der Waals surface area contributed by atoms with Crippen LogP contribution < -0.4 is 11.1 Å². The number of amides is 1. The van der Waals surface area contributed by atoms with Crippen molar-refractivity contribution < 1.29 is 28.2 Å². The van der Waals surface area contributed by atoms with Gasteiger partial charge in [0, 0.05) is 11.4 Å². The van der Waals surface area contributed by atoms with E-state index in [2.05, 4.69) is 25.6 Å². The third-order valence-corrected chi connectivity index (χ3v) is 6.72. The smallest absolute Gasteiger partial charge is 0.390 e. The molecule has 1 amide bonds. The van der Waals surface area contributed by atoms with E-state index in [-0.39, 0.29) is 17.2 Å². The van der Waals surface area contributed by atoms with Crippen molar-refractivity contribution in [1.82, 2.24) is 25.0 Å². The van der Waals surface area contributed by atoms with Crippen LogP contribution in [0.3, 0.4) is 0 Å². The van der Waals surface area contributed by atoms with Crippen molar-refractivity contribution in [3.63, 3.8) is 0 Å². The van der Waals surface area contributed by atoms with Gasteiger partial charge in [-0.1, -0.05) is 18.6 Å². The number of nitrogens with zero attached hydrogens (tertiary/aromatic N) is 5. The van der Waals surface area contributed by atoms with Gasteiger partial charge >= 0.3 is 6.18 Å². The molecule has 188 valence electrons. The summed E-state index contributed by atoms with van der Waals surface area (Å²) in [7, 11) is 0. The van der Waals surface area contributed by atoms with E-state index in [0.717, 1.165) is 36.7 Å². The van der Waals surface area contributed by atoms with Gasteiger partial charge in [-0.3, -0.25) is 4.79 Å². The molecule has 10 nitrogen and oxygen atoms in total. The zero-order valence-electron chi connectivity index (χ0n) is 18.6. The quantitative estimate of drug-likeness (QED) is 0.264. The minimum atomic E-state index is -4.44. The highest BCUT2D eigenvalue weighted by atomic mass is 32.2. The number of anilines is 1. The highest BCUT2D eigenvalue weighted by Crippen LogP contribution is 2.38. The summed E-state index contributed by atoms with van der Waals surface area (Å²) in [5, 5.41) is 32.4. The number of alkyl halides is 3. The highest BCUT2D eigenvalue weighted by Gasteiger charge is 2.46. The van der Waals surface area contributed by atoms with Gasteiger partial charge in [-0.05, 0) is 48.9 Å². The van der Waals surface area contributed by atoms with E-state index >= 15 is 0 Å². The van der Waals surface area contributed by atoms with Crippen LogP contribution in [0.15, 0.2) is 34.3 Å². The number of rotatable bonds is 8. The molecule has 35 heavy (non-hydrogen) atoms. The summed E-state index contributed by atoms with van der Waals surface area (Å²) in [4.78, 5) is 21.1. The van der Waals surface area contributed by atoms with Crippen LogP contribution in [0.4, 0.5) is 19.0 Å². The van der Waals surface area contributed by atoms with E-state index in [1.165, 1.54) is 16.8 Å². The van der Waals surface area contributed by atoms with Crippen molar-refractivity contribution in [2.24, 2.45) is 11.7 Å². The van der Waals surface area contributed by atoms with Crippen LogP contribution in [0.25, 0.3) is 11.2 Å². The molecule has 3 aromatic rings. The Morgan fingerprint density at radius 3 is 2.54 bits per heavy atom. The van der Waals surface area contributed by atoms with Crippen LogP contribution in [0.2, 0.25) is 0 Å². The Morgan fingerprint density at radius 1 is 1.23 bits per heavy atom. The van der Waals surface area contributed by atoms with E-state index in [4.69, 9.17) is 5.73 Å². The number of fused-ring (bicyclic) bond motifs is 1. The summed E-state index contributed by atoms with van der Waals surface area (Å²) in [5.41, 5.74) is 5.16. The van der Waals surface area contributed by atoms with Crippen molar-refractivity contribution >= 4 is 34.7 Å². The summed E-state index contributed by atoms with van der Waals surface area (Å²) in [5.74, 6) is -1.32. The number of halogens is 3. The molecule has 0 bridgehead atoms. The van der Waals surface area contributed by atoms with Gasteiger partial charge in [-0.2, -0.15) is 13.2 Å². The molecular weight excluding hydrogens is 487 g/mol. The summed E-state index contributed by atoms with van der Waals surface area (Å²) < 4.78 is 40.0. The first-order chi connectivity index (χ1) is 16.6. The Morgan fingerprint density at radius 2 is 1.94 bits per heavy atom. The number of hydrogen-bond acceptors (Lipinski definition) is 9. The number of aliphatic hydroxyl groups is 2. The number of carbonyl (C=O) groups excluding carboxylic acids is 1. The second kappa shape index (κ2) is 9.95. The molecule has 1 aliphatic rings. The Kier molecular flexibility index (Phi) is 7.15. The highest BCUT2D eigenvalue weighted by molar-refractivity contribution is 7.99. The topological polar surface area (TPSA) is 152 Å². The van der Waals surface area contributed by atoms with Gasteiger partial charge in [0.25, 0.3) is 0 Å². The first-order valence-electron chi connectivity index (χ1n) is 11.0. The van der Waals surface area contributed by atoms with Crippen molar-refractivity contribution in [2.45, 2.75) is 60.7 Å². The van der Waals surface area contributed by atoms with Gasteiger partial charge in [0.15, 0.2) is 22.1 Å². The molecular formula is C21H24F3N7O3S. The van der Waals surface area contributed by atoms with Gasteiger partial charge in [0.05, 0.1) is 23.6 Å². The maximum atomic E-state index is 12.9. The number of hydrogen-bond donors (Lipinski definition) is 4. The maximum Gasteiger partial charge on any atom is 0.416 e. The predicted molar refractivity (Wildman–Crippen MR) is 120 cm³/mol. The van der Waals surface area contributed by atoms with E-state index < -0.39 is 41.8 Å². The third kappa shape index (κ3) is 5.18. The van der Waals surface area contributed by atoms with Crippen molar-refractivity contribution in [3.05, 3.63) is 29.8 Å². The van der Waals surface area contributed by atoms with E-state index in [1.807, 2.05) is 6.92 Å². The van der Waals surface area contributed by atoms with E-state index in [1.54, 1.807) is 0 Å². The first kappa shape index (κ1) is 25.1. The number of aromatic nitrogens is 5. The molecule has 0 radical (unpaired) electrons. The lowest BCUT2D eigenvalue weighted by Gasteiger charge is -2.17. The zero-order valence-corrected chi connectivity index (χ0v) is 19.4. The minimum Gasteiger partial charge on any atom is -0.390 e. The largest absolute Gasteiger partial charge is 0.416 e. The summed E-state index contributed by atoms with van der Waals surface area (Å²) in [6, 6.07) is 3.81. The van der Waals surface area contributed by atoms with Gasteiger partial charge in [-0.25, -0.2) is 14.6 Å². The predicted octanol–water partition coefficient (Wildman–Crippen LogP) is 2.37. The second-order valence-electron chi connectivity index (χ2n) is 8.26. The molecule has 2 aromatic heterocycles. The van der Waals surface area contributed by atoms with Crippen molar-refractivity contribution in [2.75, 3.05) is 11.9 Å². The summed E-state index contributed by atoms with van der Waals surface area (Å²) in [6.45, 7) is 2.62. The standard InChI is InChI=1S/C21H24F3N7O3S/c1-2-3-8-26-18-14-19(31(30-29-14)13-9-12(17(25)34)15(32)16(13)33)28-20(27-18)35-11-6-4-10(5-7-11)21(22,23)24/h4-7,12-13,15-16,32-33H,2-3,8-9H2,1H3,(H2,25,34)(H,26,27,28)/t12-,13?,15?,16?/m0/s1. The first-order valence-corrected chi connectivity index (χ1v) is 11.8. The number of carbonyl (C=O) groups is 1. The molecule has 3 unspecified atom stereocenters. The molecule has 2 heterocycles. The van der Waals surface area contributed by atoms with Gasteiger partial charge in [0.1, 0.15) is 6.10 Å². The fraction of sp³-hybridized carbons (Fsp3) is 0.476. The van der Waals surface area contributed by atoms with Gasteiger partial charge in [-0.15, -0.1) is 5.10 Å². The Hall–Kier alpha value is -2.97. The van der Waals surface area contributed by atoms with Gasteiger partial charge in [0.2, 0.25) is 5.91 Å². The fourth-order valence-corrected chi connectivity index (χ4v) is 4.69. The maximum absolute atomic E-state index is 12.9. The number of aliphatic hydroxyl groups excluding tert-OH is 2. The number of benzene rings is 1. The number of nitrogens with two attached hydrogens (primary N) is 1. The Balaban J connectivity index is 1.71. The number of unbranched alkanes of at least 4 members (excludes halogenated alkanes) is 1. The molecule has 1 saturated carbocycles. The van der Waals surface area contributed by atoms with Crippen LogP contribution in [0, 0.1) is 5.92 Å². The molecule has 4 atom stereocenters. The van der Waals surface area contributed by atoms with E-state index in [9.17, 15) is 28.2 Å². The lowest BCUT2D eigenvalue weighted by molar-refractivity contribution is -0.137. The average molecular weight is 512 g/mol. The van der Waals surface area contributed by atoms with Crippen molar-refractivity contribution in [3.8, 4) is 0 Å². The zero-order chi connectivity index (χ0) is 25.3. The molecule has 14 heteroatoms. The molecule has 5 N–H and O–H groups in total. The third-order valence-electron chi connectivity index (χ3n) is 5.85. The molecule has 0 saturated heterocycles. The molecule has 1 aliphatic carbocycles. The summed E-state index contributed by atoms with van der Waals surface area (Å²) in [6.07, 6.45) is -5.30. The van der Waals surface area contributed by atoms with Gasteiger partial charge < -0.3 is 21.3 Å². The molecule has 4 rings (SSSR count). The number of primary amides is 1. The lowest BCUT2D eigenvalue weighted by Crippen LogP contribution is -2.35. The molecule has 1 aromatic carbocycles. The number of nitrogens with one attached hydrogen (secondary N) is 1. The second-order valence-corrected chi connectivity index (χ2v) is 9.30. The average Bonchev–Trinajstić information content (AvgIpc) is 3.35. The van der Waals surface area contributed by atoms with Crippen LogP contribution in [0.5, 0.6) is 0 Å². The molecule has 0 spiro atoms. The normalized spacial score (nSPS) is 22.6. The fourth-order valence-electron chi connectivity index (χ4n) is 3.94. The van der Waals surface area contributed by atoms with Crippen LogP contribution in [-0.4, -0.2) is 59.8 Å². The molecule has 1 fully saturated rings. The Labute approximate surface area is 202 Å². The van der Waals surface area contributed by atoms with Crippen LogP contribution in [0.1, 0.15) is 37.8 Å².